The molecule has 2 N–H and O–H groups in total. The van der Waals surface area contributed by atoms with Crippen LogP contribution in [0.4, 0.5) is 34.5 Å². The Kier molecular flexibility index (Phi) is 8.20. The summed E-state index contributed by atoms with van der Waals surface area (Å²) < 4.78 is 44.6. The molecule has 2 aromatic carbocycles. The molecule has 10 nitrogen and oxygen atoms in total. The van der Waals surface area contributed by atoms with Crippen molar-refractivity contribution in [2.75, 3.05) is 30.9 Å². The second kappa shape index (κ2) is 12.0. The summed E-state index contributed by atoms with van der Waals surface area (Å²) in [5.74, 6) is -1.81. The summed E-state index contributed by atoms with van der Waals surface area (Å²) in [6.45, 7) is 0.174. The topological polar surface area (TPSA) is 119 Å². The van der Waals surface area contributed by atoms with Gasteiger partial charge in [-0.3, -0.25) is 20.5 Å². The second-order valence-corrected chi connectivity index (χ2v) is 9.78. The van der Waals surface area contributed by atoms with E-state index in [1.165, 1.54) is 12.0 Å². The van der Waals surface area contributed by atoms with Gasteiger partial charge in [-0.25, -0.2) is 23.2 Å². The number of benzene rings is 2. The zero-order chi connectivity index (χ0) is 29.1. The molecule has 5 rings (SSSR count). The lowest BCUT2D eigenvalue weighted by molar-refractivity contribution is 0.00426. The minimum absolute atomic E-state index is 0.0436. The fourth-order valence-corrected chi connectivity index (χ4v) is 5.08. The van der Waals surface area contributed by atoms with E-state index in [2.05, 4.69) is 20.4 Å². The maximum atomic E-state index is 14.6. The minimum Gasteiger partial charge on any atom is -0.453 e. The first-order valence-corrected chi connectivity index (χ1v) is 13.1. The molecule has 3 aromatic rings. The molecule has 0 saturated carbocycles. The third-order valence-corrected chi connectivity index (χ3v) is 7.16. The molecule has 0 spiro atoms. The summed E-state index contributed by atoms with van der Waals surface area (Å²) in [5, 5.41) is 4.99. The van der Waals surface area contributed by atoms with Gasteiger partial charge in [0.05, 0.1) is 41.7 Å². The molecule has 1 aromatic heterocycles. The van der Waals surface area contributed by atoms with Gasteiger partial charge in [0.2, 0.25) is 0 Å². The summed E-state index contributed by atoms with van der Waals surface area (Å²) in [4.78, 5) is 43.4. The molecule has 2 aliphatic rings. The molecule has 2 unspecified atom stereocenters. The third-order valence-electron chi connectivity index (χ3n) is 6.86. The number of hydrogen-bond donors (Lipinski definition) is 2. The van der Waals surface area contributed by atoms with Crippen LogP contribution in [0.5, 0.6) is 0 Å². The number of nitrogens with one attached hydrogen (secondary N) is 2. The average Bonchev–Trinajstić information content (AvgIpc) is 2.95. The number of carbonyl (C=O) groups excluding carboxylic acids is 3. The van der Waals surface area contributed by atoms with Gasteiger partial charge >= 0.3 is 18.3 Å². The molecular formula is C28H25ClF2N4O6. The van der Waals surface area contributed by atoms with E-state index in [1.807, 2.05) is 0 Å². The van der Waals surface area contributed by atoms with Crippen LogP contribution in [0, 0.1) is 11.6 Å². The Hall–Kier alpha value is -4.45. The predicted molar refractivity (Wildman–Crippen MR) is 145 cm³/mol. The van der Waals surface area contributed by atoms with E-state index in [0.29, 0.717) is 41.0 Å². The molecule has 0 radical (unpaired) electrons. The number of nitrogens with zero attached hydrogens (tertiary/aromatic N) is 2. The molecule has 3 amide bonds. The Labute approximate surface area is 238 Å². The number of methoxy groups -OCH3 is 1. The number of amides is 3. The van der Waals surface area contributed by atoms with Crippen LogP contribution in [0.3, 0.4) is 0 Å². The number of rotatable bonds is 3. The molecular weight excluding hydrogens is 562 g/mol. The van der Waals surface area contributed by atoms with Crippen LogP contribution in [0.1, 0.15) is 42.7 Å². The summed E-state index contributed by atoms with van der Waals surface area (Å²) >= 11 is 5.84. The zero-order valence-electron chi connectivity index (χ0n) is 21.8. The number of halogens is 3. The van der Waals surface area contributed by atoms with Gasteiger partial charge in [0.1, 0.15) is 11.9 Å². The van der Waals surface area contributed by atoms with Crippen molar-refractivity contribution in [1.82, 2.24) is 9.88 Å². The Morgan fingerprint density at radius 1 is 1.17 bits per heavy atom. The number of pyridine rings is 1. The average molecular weight is 587 g/mol. The van der Waals surface area contributed by atoms with E-state index < -0.39 is 42.1 Å². The number of hydrogen-bond acceptors (Lipinski definition) is 7. The van der Waals surface area contributed by atoms with Crippen LogP contribution in [0.15, 0.2) is 48.7 Å². The van der Waals surface area contributed by atoms with Crippen LogP contribution in [-0.4, -0.2) is 48.4 Å². The number of fused-ring (bicyclic) bond motifs is 4. The number of anilines is 2. The lowest BCUT2D eigenvalue weighted by Crippen LogP contribution is -2.42. The van der Waals surface area contributed by atoms with Gasteiger partial charge in [-0.05, 0) is 54.8 Å². The first-order valence-electron chi connectivity index (χ1n) is 12.7. The van der Waals surface area contributed by atoms with Gasteiger partial charge in [-0.2, -0.15) is 0 Å². The highest BCUT2D eigenvalue weighted by atomic mass is 35.5. The first-order chi connectivity index (χ1) is 19.7. The molecule has 2 atom stereocenters. The van der Waals surface area contributed by atoms with E-state index in [-0.39, 0.29) is 30.2 Å². The molecule has 1 saturated heterocycles. The summed E-state index contributed by atoms with van der Waals surface area (Å²) in [6, 6.07) is 10.00. The Balaban J connectivity index is 1.46. The van der Waals surface area contributed by atoms with Crippen LogP contribution >= 0.6 is 11.6 Å². The second-order valence-electron chi connectivity index (χ2n) is 9.38. The monoisotopic (exact) mass is 586 g/mol. The van der Waals surface area contributed by atoms with Gasteiger partial charge in [-0.15, -0.1) is 0 Å². The van der Waals surface area contributed by atoms with Crippen molar-refractivity contribution in [2.45, 2.75) is 31.4 Å². The van der Waals surface area contributed by atoms with Gasteiger partial charge in [0, 0.05) is 30.4 Å². The van der Waals surface area contributed by atoms with Crippen molar-refractivity contribution in [2.24, 2.45) is 0 Å². The normalized spacial score (nSPS) is 19.0. The van der Waals surface area contributed by atoms with E-state index in [1.54, 1.807) is 36.5 Å². The maximum absolute atomic E-state index is 14.6. The maximum Gasteiger partial charge on any atom is 0.411 e. The van der Waals surface area contributed by atoms with Crippen LogP contribution in [0.2, 0.25) is 5.02 Å². The first kappa shape index (κ1) is 28.1. The smallest absolute Gasteiger partial charge is 0.411 e. The minimum atomic E-state index is -1.14. The highest BCUT2D eigenvalue weighted by Crippen LogP contribution is 2.38. The summed E-state index contributed by atoms with van der Waals surface area (Å²) in [7, 11) is 1.24. The molecule has 41 heavy (non-hydrogen) atoms. The zero-order valence-corrected chi connectivity index (χ0v) is 22.5. The highest BCUT2D eigenvalue weighted by molar-refractivity contribution is 6.30. The van der Waals surface area contributed by atoms with Gasteiger partial charge in [0.25, 0.3) is 0 Å². The summed E-state index contributed by atoms with van der Waals surface area (Å²) in [5.41, 5.74) is 2.19. The van der Waals surface area contributed by atoms with E-state index in [4.69, 9.17) is 21.1 Å². The third kappa shape index (κ3) is 6.02. The van der Waals surface area contributed by atoms with E-state index in [9.17, 15) is 23.2 Å². The molecule has 214 valence electrons. The van der Waals surface area contributed by atoms with Crippen molar-refractivity contribution >= 4 is 41.3 Å². The van der Waals surface area contributed by atoms with Crippen molar-refractivity contribution in [1.29, 1.82) is 0 Å². The molecule has 1 fully saturated rings. The van der Waals surface area contributed by atoms with Crippen molar-refractivity contribution < 1.29 is 37.4 Å². The summed E-state index contributed by atoms with van der Waals surface area (Å²) in [6.07, 6.45) is -0.820. The number of aromatic nitrogens is 1. The van der Waals surface area contributed by atoms with Gasteiger partial charge in [-0.1, -0.05) is 17.7 Å². The van der Waals surface area contributed by atoms with Gasteiger partial charge in [0.15, 0.2) is 5.82 Å². The van der Waals surface area contributed by atoms with Crippen molar-refractivity contribution in [3.63, 3.8) is 0 Å². The van der Waals surface area contributed by atoms with Crippen LogP contribution in [-0.2, 0) is 14.2 Å². The van der Waals surface area contributed by atoms with E-state index >= 15 is 0 Å². The Bertz CT molecular complexity index is 1510. The Morgan fingerprint density at radius 2 is 2.00 bits per heavy atom. The predicted octanol–water partition coefficient (Wildman–Crippen LogP) is 6.83. The number of cyclic esters (lactones) is 2. The highest BCUT2D eigenvalue weighted by Gasteiger charge is 2.37. The SMILES string of the molecule is COC(=O)Nc1ccc2c(c1)NC(=O)OCCCC(N1CCC(c3c(F)ccc(Cl)c3F)OC1=O)c1cc-2ccn1. The largest absolute Gasteiger partial charge is 0.453 e. The molecule has 3 heterocycles. The number of carbonyl (C=O) groups is 3. The fourth-order valence-electron chi connectivity index (χ4n) is 4.92. The molecule has 0 aliphatic carbocycles. The molecule has 2 aliphatic heterocycles. The fraction of sp³-hybridized carbons (Fsp3) is 0.286. The molecule has 13 heteroatoms. The quantitative estimate of drug-likeness (QED) is 0.255. The lowest BCUT2D eigenvalue weighted by Gasteiger charge is -2.37. The van der Waals surface area contributed by atoms with Gasteiger partial charge < -0.3 is 14.2 Å². The lowest BCUT2D eigenvalue weighted by atomic mass is 9.98. The van der Waals surface area contributed by atoms with Crippen LogP contribution in [0.25, 0.3) is 11.1 Å². The molecule has 2 bridgehead atoms. The Morgan fingerprint density at radius 3 is 2.78 bits per heavy atom. The van der Waals surface area contributed by atoms with Crippen LogP contribution < -0.4 is 10.6 Å². The van der Waals surface area contributed by atoms with Crippen molar-refractivity contribution in [3.05, 3.63) is 76.6 Å². The van der Waals surface area contributed by atoms with Crippen molar-refractivity contribution in [3.8, 4) is 11.1 Å². The number of ether oxygens (including phenoxy) is 3. The standard InChI is InChI=1S/C28H25ClF2N4O6/c1-39-26(36)33-16-4-5-17-15-8-10-32-21(13-15)22(3-2-12-40-27(37)34-20(17)14-16)35-11-9-23(41-28(35)38)24-19(30)7-6-18(29)25(24)31/h4-8,10,13-14,22-23H,2-3,9,11-12H2,1H3,(H,33,36)(H,34,37). The van der Waals surface area contributed by atoms with E-state index in [0.717, 1.165) is 12.1 Å².